The fraction of sp³-hybridized carbons (Fsp3) is 0.263. The minimum Gasteiger partial charge on any atom is -0.443 e. The van der Waals surface area contributed by atoms with Crippen LogP contribution in [0.4, 0.5) is 10.5 Å². The van der Waals surface area contributed by atoms with Crippen LogP contribution >= 0.6 is 0 Å². The van der Waals surface area contributed by atoms with Crippen molar-refractivity contribution in [2.24, 2.45) is 0 Å². The number of carbonyl (C=O) groups excluding carboxylic acids is 1. The molecule has 0 unspecified atom stereocenters. The molecule has 116 valence electrons. The van der Waals surface area contributed by atoms with Crippen molar-refractivity contribution in [2.45, 2.75) is 25.9 Å². The highest BCUT2D eigenvalue weighted by molar-refractivity contribution is 5.88. The predicted molar refractivity (Wildman–Crippen MR) is 89.2 cm³/mol. The second-order valence-corrected chi connectivity index (χ2v) is 6.05. The van der Waals surface area contributed by atoms with Gasteiger partial charge in [0.15, 0.2) is 0 Å². The summed E-state index contributed by atoms with van der Waals surface area (Å²) < 4.78 is 5.41. The Morgan fingerprint density at radius 1 is 1.13 bits per heavy atom. The normalized spacial score (nSPS) is 16.3. The second-order valence-electron chi connectivity index (χ2n) is 6.05. The molecule has 0 bridgehead atoms. The van der Waals surface area contributed by atoms with E-state index in [1.54, 1.807) is 11.1 Å². The summed E-state index contributed by atoms with van der Waals surface area (Å²) in [5.74, 6) is 6.08. The number of rotatable bonds is 1. The second kappa shape index (κ2) is 6.13. The lowest BCUT2D eigenvalue weighted by Gasteiger charge is -2.36. The summed E-state index contributed by atoms with van der Waals surface area (Å²) in [5.41, 5.74) is 1.95. The molecule has 1 aromatic heterocycles. The van der Waals surface area contributed by atoms with E-state index in [1.165, 1.54) is 0 Å². The summed E-state index contributed by atoms with van der Waals surface area (Å²) in [6.45, 7) is 4.47. The lowest BCUT2D eigenvalue weighted by atomic mass is 10.0. The first-order valence-corrected chi connectivity index (χ1v) is 7.57. The molecule has 3 rings (SSSR count). The lowest BCUT2D eigenvalue weighted by molar-refractivity contribution is 0.0236. The molecule has 4 nitrogen and oxygen atoms in total. The third-order valence-corrected chi connectivity index (χ3v) is 3.69. The van der Waals surface area contributed by atoms with Gasteiger partial charge in [-0.25, -0.2) is 9.78 Å². The predicted octanol–water partition coefficient (Wildman–Crippen LogP) is 3.61. The standard InChI is InChI=1S/C19H18N2O2/c1-19(2)12-13-21(18(22)23-19)17-11-10-16(20-14-17)9-8-15-6-4-3-5-7-15/h3-7,10-11,14H,12-13H2,1-2H3. The molecule has 2 aromatic rings. The Balaban J connectivity index is 1.73. The minimum atomic E-state index is -0.401. The summed E-state index contributed by atoms with van der Waals surface area (Å²) >= 11 is 0. The molecule has 4 heteroatoms. The highest BCUT2D eigenvalue weighted by atomic mass is 16.6. The number of carbonyl (C=O) groups is 1. The van der Waals surface area contributed by atoms with Gasteiger partial charge in [-0.05, 0) is 44.0 Å². The van der Waals surface area contributed by atoms with E-state index in [4.69, 9.17) is 4.74 Å². The van der Waals surface area contributed by atoms with Gasteiger partial charge in [0, 0.05) is 18.5 Å². The van der Waals surface area contributed by atoms with Crippen molar-refractivity contribution in [2.75, 3.05) is 11.4 Å². The summed E-state index contributed by atoms with van der Waals surface area (Å²) in [6.07, 6.45) is 2.12. The number of hydrogen-bond donors (Lipinski definition) is 0. The highest BCUT2D eigenvalue weighted by Crippen LogP contribution is 2.26. The molecule has 1 aromatic carbocycles. The molecule has 1 amide bonds. The Bertz CT molecular complexity index is 755. The van der Waals surface area contributed by atoms with E-state index in [0.29, 0.717) is 12.2 Å². The Morgan fingerprint density at radius 2 is 1.91 bits per heavy atom. The third-order valence-electron chi connectivity index (χ3n) is 3.69. The molecule has 1 fully saturated rings. The Labute approximate surface area is 136 Å². The zero-order valence-electron chi connectivity index (χ0n) is 13.2. The fourth-order valence-electron chi connectivity index (χ4n) is 2.33. The van der Waals surface area contributed by atoms with Gasteiger partial charge in [0.25, 0.3) is 0 Å². The lowest BCUT2D eigenvalue weighted by Crippen LogP contribution is -2.46. The largest absolute Gasteiger partial charge is 0.443 e. The quantitative estimate of drug-likeness (QED) is 0.756. The van der Waals surface area contributed by atoms with Gasteiger partial charge >= 0.3 is 6.09 Å². The molecule has 0 atom stereocenters. The number of cyclic esters (lactones) is 1. The van der Waals surface area contributed by atoms with Crippen LogP contribution in [0.15, 0.2) is 48.7 Å². The zero-order valence-corrected chi connectivity index (χ0v) is 13.2. The van der Waals surface area contributed by atoms with Crippen molar-refractivity contribution < 1.29 is 9.53 Å². The van der Waals surface area contributed by atoms with Crippen LogP contribution in [-0.4, -0.2) is 23.2 Å². The maximum absolute atomic E-state index is 12.1. The molecule has 1 aliphatic heterocycles. The van der Waals surface area contributed by atoms with Crippen LogP contribution in [0.5, 0.6) is 0 Å². The van der Waals surface area contributed by atoms with Crippen LogP contribution in [0.1, 0.15) is 31.5 Å². The first-order valence-electron chi connectivity index (χ1n) is 7.57. The topological polar surface area (TPSA) is 42.4 Å². The first kappa shape index (κ1) is 15.1. The molecular formula is C19H18N2O2. The molecule has 1 saturated heterocycles. The van der Waals surface area contributed by atoms with E-state index in [2.05, 4.69) is 16.8 Å². The number of benzene rings is 1. The molecule has 0 spiro atoms. The van der Waals surface area contributed by atoms with Crippen LogP contribution in [0, 0.1) is 11.8 Å². The molecule has 0 saturated carbocycles. The van der Waals surface area contributed by atoms with Gasteiger partial charge in [0.1, 0.15) is 11.3 Å². The SMILES string of the molecule is CC1(C)CCN(c2ccc(C#Cc3ccccc3)nc2)C(=O)O1. The van der Waals surface area contributed by atoms with Gasteiger partial charge < -0.3 is 4.74 Å². The number of anilines is 1. The van der Waals surface area contributed by atoms with Gasteiger partial charge in [0.05, 0.1) is 11.9 Å². The number of ether oxygens (including phenoxy) is 1. The van der Waals surface area contributed by atoms with Gasteiger partial charge in [-0.1, -0.05) is 24.1 Å². The summed E-state index contributed by atoms with van der Waals surface area (Å²) in [5, 5.41) is 0. The van der Waals surface area contributed by atoms with Crippen molar-refractivity contribution in [3.8, 4) is 11.8 Å². The highest BCUT2D eigenvalue weighted by Gasteiger charge is 2.33. The monoisotopic (exact) mass is 306 g/mol. The van der Waals surface area contributed by atoms with Gasteiger partial charge in [-0.3, -0.25) is 4.90 Å². The zero-order chi connectivity index (χ0) is 16.3. The third kappa shape index (κ3) is 3.70. The average molecular weight is 306 g/mol. The Hall–Kier alpha value is -2.80. The molecule has 2 heterocycles. The van der Waals surface area contributed by atoms with Crippen LogP contribution in [0.25, 0.3) is 0 Å². The number of amides is 1. The summed E-state index contributed by atoms with van der Waals surface area (Å²) in [4.78, 5) is 18.0. The van der Waals surface area contributed by atoms with Crippen molar-refractivity contribution in [1.29, 1.82) is 0 Å². The van der Waals surface area contributed by atoms with Crippen LogP contribution < -0.4 is 4.90 Å². The van der Waals surface area contributed by atoms with Crippen molar-refractivity contribution in [3.05, 3.63) is 59.9 Å². The summed E-state index contributed by atoms with van der Waals surface area (Å²) in [7, 11) is 0. The first-order chi connectivity index (χ1) is 11.0. The molecule has 23 heavy (non-hydrogen) atoms. The maximum Gasteiger partial charge on any atom is 0.414 e. The van der Waals surface area contributed by atoms with Crippen LogP contribution in [-0.2, 0) is 4.74 Å². The molecule has 1 aliphatic rings. The number of aromatic nitrogens is 1. The van der Waals surface area contributed by atoms with E-state index < -0.39 is 5.60 Å². The van der Waals surface area contributed by atoms with E-state index in [1.807, 2.05) is 56.3 Å². The van der Waals surface area contributed by atoms with Crippen molar-refractivity contribution in [1.82, 2.24) is 4.98 Å². The number of nitrogens with zero attached hydrogens (tertiary/aromatic N) is 2. The maximum atomic E-state index is 12.1. The van der Waals surface area contributed by atoms with E-state index in [9.17, 15) is 4.79 Å². The van der Waals surface area contributed by atoms with E-state index in [0.717, 1.165) is 17.7 Å². The Morgan fingerprint density at radius 3 is 2.57 bits per heavy atom. The van der Waals surface area contributed by atoms with Gasteiger partial charge in [-0.2, -0.15) is 0 Å². The van der Waals surface area contributed by atoms with Gasteiger partial charge in [-0.15, -0.1) is 0 Å². The fourth-order valence-corrected chi connectivity index (χ4v) is 2.33. The average Bonchev–Trinajstić information content (AvgIpc) is 2.54. The number of hydrogen-bond acceptors (Lipinski definition) is 3. The Kier molecular flexibility index (Phi) is 4.03. The summed E-state index contributed by atoms with van der Waals surface area (Å²) in [6, 6.07) is 13.4. The molecule has 0 aliphatic carbocycles. The van der Waals surface area contributed by atoms with Crippen LogP contribution in [0.3, 0.4) is 0 Å². The van der Waals surface area contributed by atoms with Gasteiger partial charge in [0.2, 0.25) is 0 Å². The van der Waals surface area contributed by atoms with Crippen molar-refractivity contribution in [3.63, 3.8) is 0 Å². The minimum absolute atomic E-state index is 0.328. The molecule has 0 N–H and O–H groups in total. The van der Waals surface area contributed by atoms with Crippen LogP contribution in [0.2, 0.25) is 0 Å². The van der Waals surface area contributed by atoms with Crippen molar-refractivity contribution >= 4 is 11.8 Å². The molecule has 0 radical (unpaired) electrons. The number of pyridine rings is 1. The smallest absolute Gasteiger partial charge is 0.414 e. The van der Waals surface area contributed by atoms with E-state index in [-0.39, 0.29) is 6.09 Å². The van der Waals surface area contributed by atoms with E-state index >= 15 is 0 Å². The molecular weight excluding hydrogens is 288 g/mol.